The molecule has 1 fully saturated rings. The molecule has 0 radical (unpaired) electrons. The Kier molecular flexibility index (Phi) is 7.15. The van der Waals surface area contributed by atoms with Crippen LogP contribution in [-0.2, 0) is 21.4 Å². The number of hydrogen-bond acceptors (Lipinski definition) is 7. The maximum atomic E-state index is 12.6. The molecule has 0 spiro atoms. The minimum Gasteiger partial charge on any atom is -0.369 e. The lowest BCUT2D eigenvalue weighted by Gasteiger charge is -2.14. The summed E-state index contributed by atoms with van der Waals surface area (Å²) >= 11 is 0. The van der Waals surface area contributed by atoms with Crippen molar-refractivity contribution in [2.45, 2.75) is 43.5 Å². The first-order valence-corrected chi connectivity index (χ1v) is 13.8. The van der Waals surface area contributed by atoms with Gasteiger partial charge in [-0.2, -0.15) is 4.98 Å². The molecule has 2 heterocycles. The number of carbonyl (C=O) groups is 1. The van der Waals surface area contributed by atoms with Crippen molar-refractivity contribution in [3.05, 3.63) is 60.3 Å². The normalized spacial score (nSPS) is 17.6. The number of amides is 1. The van der Waals surface area contributed by atoms with Gasteiger partial charge in [-0.25, -0.2) is 18.1 Å². The first-order chi connectivity index (χ1) is 17.5. The Labute approximate surface area is 211 Å². The number of anilines is 3. The van der Waals surface area contributed by atoms with Crippen molar-refractivity contribution in [3.8, 4) is 11.1 Å². The molecule has 4 bridgehead atoms. The van der Waals surface area contributed by atoms with E-state index in [4.69, 9.17) is 0 Å². The minimum absolute atomic E-state index is 0.149. The van der Waals surface area contributed by atoms with E-state index in [1.807, 2.05) is 24.3 Å². The van der Waals surface area contributed by atoms with Gasteiger partial charge in [-0.05, 0) is 48.6 Å². The molecule has 2 aliphatic rings. The van der Waals surface area contributed by atoms with Crippen LogP contribution in [-0.4, -0.2) is 37.4 Å². The maximum Gasteiger partial charge on any atom is 0.240 e. The zero-order valence-electron chi connectivity index (χ0n) is 20.0. The van der Waals surface area contributed by atoms with Crippen LogP contribution in [0.4, 0.5) is 17.5 Å². The van der Waals surface area contributed by atoms with Crippen LogP contribution in [0.3, 0.4) is 0 Å². The van der Waals surface area contributed by atoms with Gasteiger partial charge >= 0.3 is 0 Å². The summed E-state index contributed by atoms with van der Waals surface area (Å²) in [6.07, 6.45) is 6.60. The Morgan fingerprint density at radius 3 is 2.64 bits per heavy atom. The SMILES string of the molecule is O=C(NCc1ccc(-c2cnc3nc2NCCCNS(=O)(=O)c2cccc(c2)N3)cc1)C1CCCC1. The molecular formula is C26H30N6O3S. The second-order valence-electron chi connectivity index (χ2n) is 9.18. The van der Waals surface area contributed by atoms with Crippen molar-refractivity contribution in [1.82, 2.24) is 20.0 Å². The summed E-state index contributed by atoms with van der Waals surface area (Å²) in [4.78, 5) is 21.6. The highest BCUT2D eigenvalue weighted by molar-refractivity contribution is 7.89. The Morgan fingerprint density at radius 1 is 1.03 bits per heavy atom. The van der Waals surface area contributed by atoms with E-state index in [9.17, 15) is 13.2 Å². The van der Waals surface area contributed by atoms with E-state index >= 15 is 0 Å². The third kappa shape index (κ3) is 5.66. The van der Waals surface area contributed by atoms with Gasteiger partial charge in [0.1, 0.15) is 5.82 Å². The van der Waals surface area contributed by atoms with Crippen LogP contribution in [0.25, 0.3) is 11.1 Å². The molecule has 2 aromatic carbocycles. The molecule has 10 heteroatoms. The van der Waals surface area contributed by atoms with Crippen molar-refractivity contribution < 1.29 is 13.2 Å². The van der Waals surface area contributed by atoms with Gasteiger partial charge in [0, 0.05) is 43.0 Å². The minimum atomic E-state index is -3.59. The topological polar surface area (TPSA) is 125 Å². The molecule has 0 saturated heterocycles. The fourth-order valence-corrected chi connectivity index (χ4v) is 5.69. The summed E-state index contributed by atoms with van der Waals surface area (Å²) in [6, 6.07) is 14.6. The standard InChI is InChI=1S/C26H30N6O3S/c33-25(20-5-1-2-6-20)28-16-18-9-11-19(12-10-18)23-17-29-26-31-21-7-3-8-22(15-21)36(34,35)30-14-4-13-27-24(23)32-26/h3,7-12,15,17,20,30H,1-2,4-6,13-14,16H2,(H,28,33)(H2,27,29,31,32). The Hall–Kier alpha value is -3.50. The lowest BCUT2D eigenvalue weighted by molar-refractivity contribution is -0.124. The average Bonchev–Trinajstić information content (AvgIpc) is 3.43. The van der Waals surface area contributed by atoms with Crippen LogP contribution < -0.4 is 20.7 Å². The molecule has 1 aliphatic heterocycles. The Morgan fingerprint density at radius 2 is 1.83 bits per heavy atom. The number of rotatable bonds is 4. The summed E-state index contributed by atoms with van der Waals surface area (Å²) in [5.74, 6) is 1.34. The molecule has 3 aromatic rings. The van der Waals surface area contributed by atoms with E-state index < -0.39 is 10.0 Å². The third-order valence-electron chi connectivity index (χ3n) is 6.58. The van der Waals surface area contributed by atoms with E-state index in [0.29, 0.717) is 43.5 Å². The van der Waals surface area contributed by atoms with Gasteiger partial charge in [-0.3, -0.25) is 4.79 Å². The molecule has 0 unspecified atom stereocenters. The predicted molar refractivity (Wildman–Crippen MR) is 139 cm³/mol. The number of nitrogens with zero attached hydrogens (tertiary/aromatic N) is 2. The van der Waals surface area contributed by atoms with Gasteiger partial charge in [0.15, 0.2) is 0 Å². The lowest BCUT2D eigenvalue weighted by atomic mass is 10.0. The first kappa shape index (κ1) is 24.2. The molecule has 1 aliphatic carbocycles. The van der Waals surface area contributed by atoms with E-state index in [2.05, 4.69) is 30.6 Å². The van der Waals surface area contributed by atoms with Crippen molar-refractivity contribution >= 4 is 33.4 Å². The average molecular weight is 507 g/mol. The van der Waals surface area contributed by atoms with E-state index in [0.717, 1.165) is 42.4 Å². The summed E-state index contributed by atoms with van der Waals surface area (Å²) in [7, 11) is -3.59. The van der Waals surface area contributed by atoms with Gasteiger partial charge in [0.05, 0.1) is 4.90 Å². The zero-order valence-corrected chi connectivity index (χ0v) is 20.8. The molecule has 1 saturated carbocycles. The van der Waals surface area contributed by atoms with Gasteiger partial charge in [0.2, 0.25) is 21.9 Å². The number of hydrogen-bond donors (Lipinski definition) is 4. The number of fused-ring (bicyclic) bond motifs is 4. The molecule has 1 amide bonds. The van der Waals surface area contributed by atoms with E-state index in [1.54, 1.807) is 30.5 Å². The highest BCUT2D eigenvalue weighted by Gasteiger charge is 2.22. The number of benzene rings is 2. The van der Waals surface area contributed by atoms with Gasteiger partial charge in [-0.1, -0.05) is 43.2 Å². The summed E-state index contributed by atoms with van der Waals surface area (Å²) in [6.45, 7) is 1.35. The quantitative estimate of drug-likeness (QED) is 0.424. The van der Waals surface area contributed by atoms with Crippen molar-refractivity contribution in [2.75, 3.05) is 23.7 Å². The van der Waals surface area contributed by atoms with E-state index in [-0.39, 0.29) is 16.7 Å². The van der Waals surface area contributed by atoms with Crippen LogP contribution in [0, 0.1) is 5.92 Å². The van der Waals surface area contributed by atoms with Crippen LogP contribution >= 0.6 is 0 Å². The van der Waals surface area contributed by atoms with Crippen molar-refractivity contribution in [3.63, 3.8) is 0 Å². The second-order valence-corrected chi connectivity index (χ2v) is 10.9. The Bertz CT molecular complexity index is 1340. The third-order valence-corrected chi connectivity index (χ3v) is 8.04. The smallest absolute Gasteiger partial charge is 0.240 e. The molecule has 9 nitrogen and oxygen atoms in total. The number of nitrogens with one attached hydrogen (secondary N) is 4. The molecule has 36 heavy (non-hydrogen) atoms. The molecule has 0 atom stereocenters. The van der Waals surface area contributed by atoms with Crippen LogP contribution in [0.2, 0.25) is 0 Å². The summed E-state index contributed by atoms with van der Waals surface area (Å²) in [5, 5.41) is 9.49. The first-order valence-electron chi connectivity index (χ1n) is 12.3. The van der Waals surface area contributed by atoms with Crippen LogP contribution in [0.15, 0.2) is 59.6 Å². The van der Waals surface area contributed by atoms with Crippen LogP contribution in [0.5, 0.6) is 0 Å². The van der Waals surface area contributed by atoms with Crippen molar-refractivity contribution in [1.29, 1.82) is 0 Å². The molecule has 4 N–H and O–H groups in total. The molecule has 5 rings (SSSR count). The highest BCUT2D eigenvalue weighted by Crippen LogP contribution is 2.29. The lowest BCUT2D eigenvalue weighted by Crippen LogP contribution is -2.28. The van der Waals surface area contributed by atoms with Crippen molar-refractivity contribution in [2.24, 2.45) is 5.92 Å². The molecule has 188 valence electrons. The Balaban J connectivity index is 1.34. The van der Waals surface area contributed by atoms with Gasteiger partial charge in [0.25, 0.3) is 0 Å². The maximum absolute atomic E-state index is 12.6. The van der Waals surface area contributed by atoms with E-state index in [1.165, 1.54) is 0 Å². The molecule has 1 aromatic heterocycles. The number of aromatic nitrogens is 2. The number of sulfonamides is 1. The van der Waals surface area contributed by atoms with Gasteiger partial charge < -0.3 is 16.0 Å². The second kappa shape index (κ2) is 10.6. The summed E-state index contributed by atoms with van der Waals surface area (Å²) < 4.78 is 27.8. The van der Waals surface area contributed by atoms with Gasteiger partial charge in [-0.15, -0.1) is 0 Å². The zero-order chi connectivity index (χ0) is 25.0. The predicted octanol–water partition coefficient (Wildman–Crippen LogP) is 3.79. The van der Waals surface area contributed by atoms with Crippen LogP contribution in [0.1, 0.15) is 37.7 Å². The largest absolute Gasteiger partial charge is 0.369 e. The monoisotopic (exact) mass is 506 g/mol. The fourth-order valence-electron chi connectivity index (χ4n) is 4.57. The highest BCUT2D eigenvalue weighted by atomic mass is 32.2. The molecular weight excluding hydrogens is 476 g/mol. The number of carbonyl (C=O) groups excluding carboxylic acids is 1. The summed E-state index contributed by atoms with van der Waals surface area (Å²) in [5.41, 5.74) is 3.40. The fraction of sp³-hybridized carbons (Fsp3) is 0.346.